The molecule has 2 aromatic rings. The van der Waals surface area contributed by atoms with Gasteiger partial charge in [-0.25, -0.2) is 9.78 Å². The molecule has 5 rings (SSSR count). The average molecular weight is 454 g/mol. The van der Waals surface area contributed by atoms with Crippen LogP contribution >= 0.6 is 27.3 Å². The Morgan fingerprint density at radius 1 is 1.38 bits per heavy atom. The topological polar surface area (TPSA) is 86.3 Å². The van der Waals surface area contributed by atoms with Crippen molar-refractivity contribution in [3.8, 4) is 0 Å². The van der Waals surface area contributed by atoms with E-state index in [-0.39, 0.29) is 5.56 Å². The van der Waals surface area contributed by atoms with Gasteiger partial charge in [-0.1, -0.05) is 0 Å². The number of piperidine rings is 3. The largest absolute Gasteiger partial charge is 0.490 e. The first-order chi connectivity index (χ1) is 12.1. The van der Waals surface area contributed by atoms with Crippen molar-refractivity contribution in [2.75, 3.05) is 13.1 Å². The minimum absolute atomic E-state index is 0.00153. The lowest BCUT2D eigenvalue weighted by Gasteiger charge is -2.44. The fourth-order valence-electron chi connectivity index (χ4n) is 3.34. The van der Waals surface area contributed by atoms with Crippen LogP contribution in [0.15, 0.2) is 14.6 Å². The second-order valence-electron chi connectivity index (χ2n) is 6.25. The van der Waals surface area contributed by atoms with Gasteiger partial charge in [0.2, 0.25) is 0 Å². The number of aromatic nitrogens is 2. The highest BCUT2D eigenvalue weighted by molar-refractivity contribution is 9.11. The van der Waals surface area contributed by atoms with E-state index in [4.69, 9.17) is 9.90 Å². The second-order valence-corrected chi connectivity index (χ2v) is 8.68. The van der Waals surface area contributed by atoms with E-state index in [0.717, 1.165) is 40.6 Å². The fourth-order valence-corrected chi connectivity index (χ4v) is 4.76. The minimum atomic E-state index is -5.08. The molecule has 0 spiro atoms. The molecule has 3 fully saturated rings. The third-order valence-corrected chi connectivity index (χ3v) is 6.20. The van der Waals surface area contributed by atoms with Gasteiger partial charge in [-0.2, -0.15) is 13.2 Å². The molecule has 3 aliphatic heterocycles. The van der Waals surface area contributed by atoms with E-state index in [2.05, 4.69) is 30.8 Å². The molecule has 6 nitrogen and oxygen atoms in total. The van der Waals surface area contributed by atoms with Gasteiger partial charge in [-0.15, -0.1) is 11.3 Å². The average Bonchev–Trinajstić information content (AvgIpc) is 2.96. The van der Waals surface area contributed by atoms with Gasteiger partial charge < -0.3 is 10.1 Å². The van der Waals surface area contributed by atoms with E-state index in [1.54, 1.807) is 0 Å². The van der Waals surface area contributed by atoms with Gasteiger partial charge >= 0.3 is 12.1 Å². The Kier molecular flexibility index (Phi) is 5.40. The van der Waals surface area contributed by atoms with Gasteiger partial charge in [-0.3, -0.25) is 9.69 Å². The van der Waals surface area contributed by atoms with Crippen LogP contribution in [0.5, 0.6) is 0 Å². The summed E-state index contributed by atoms with van der Waals surface area (Å²) < 4.78 is 33.4. The van der Waals surface area contributed by atoms with Gasteiger partial charge in [0.25, 0.3) is 5.56 Å². The second kappa shape index (κ2) is 7.28. The summed E-state index contributed by atoms with van der Waals surface area (Å²) in [5.74, 6) is -1.09. The highest BCUT2D eigenvalue weighted by Crippen LogP contribution is 2.39. The molecule has 3 aliphatic rings. The number of fused-ring (bicyclic) bond motifs is 4. The third-order valence-electron chi connectivity index (χ3n) is 4.58. The van der Waals surface area contributed by atoms with Crippen LogP contribution in [-0.4, -0.2) is 45.2 Å². The molecule has 11 heteroatoms. The molecular formula is C15H15BrF3N3O3S. The molecule has 0 aromatic carbocycles. The lowest BCUT2D eigenvalue weighted by molar-refractivity contribution is -0.192. The van der Waals surface area contributed by atoms with Crippen LogP contribution < -0.4 is 5.56 Å². The number of nitrogens with zero attached hydrogens (tertiary/aromatic N) is 2. The number of halogens is 4. The minimum Gasteiger partial charge on any atom is -0.475 e. The number of carbonyl (C=O) groups is 1. The lowest BCUT2D eigenvalue weighted by atomic mass is 9.83. The van der Waals surface area contributed by atoms with E-state index >= 15 is 0 Å². The van der Waals surface area contributed by atoms with Crippen LogP contribution in [-0.2, 0) is 4.79 Å². The summed E-state index contributed by atoms with van der Waals surface area (Å²) in [7, 11) is 0. The number of rotatable bonds is 1. The first-order valence-electron chi connectivity index (χ1n) is 7.88. The maximum Gasteiger partial charge on any atom is 0.490 e. The zero-order valence-corrected chi connectivity index (χ0v) is 15.7. The number of alkyl halides is 3. The van der Waals surface area contributed by atoms with Crippen LogP contribution in [0.3, 0.4) is 0 Å². The predicted octanol–water partition coefficient (Wildman–Crippen LogP) is 3.54. The maximum atomic E-state index is 12.1. The summed E-state index contributed by atoms with van der Waals surface area (Å²) in [6, 6.07) is 2.25. The van der Waals surface area contributed by atoms with Crippen molar-refractivity contribution in [1.29, 1.82) is 0 Å². The van der Waals surface area contributed by atoms with E-state index in [1.807, 2.05) is 6.07 Å². The summed E-state index contributed by atoms with van der Waals surface area (Å²) in [5, 5.41) is 7.12. The van der Waals surface area contributed by atoms with Crippen LogP contribution in [0.1, 0.15) is 31.1 Å². The Bertz CT molecular complexity index is 874. The monoisotopic (exact) mass is 453 g/mol. The highest BCUT2D eigenvalue weighted by atomic mass is 79.9. The number of nitrogens with one attached hydrogen (secondary N) is 1. The number of thiophene rings is 1. The number of carboxylic acid groups (broad SMARTS) is 1. The number of aromatic amines is 1. The number of H-pyrrole nitrogens is 1. The van der Waals surface area contributed by atoms with E-state index in [1.165, 1.54) is 24.2 Å². The Morgan fingerprint density at radius 3 is 2.50 bits per heavy atom. The Hall–Kier alpha value is -1.46. The van der Waals surface area contributed by atoms with E-state index < -0.39 is 12.1 Å². The maximum absolute atomic E-state index is 12.1. The smallest absolute Gasteiger partial charge is 0.475 e. The van der Waals surface area contributed by atoms with Crippen molar-refractivity contribution >= 4 is 43.5 Å². The molecule has 0 aliphatic carbocycles. The molecule has 0 amide bonds. The van der Waals surface area contributed by atoms with Gasteiger partial charge in [0.05, 0.1) is 15.3 Å². The van der Waals surface area contributed by atoms with Crippen LogP contribution in [0.2, 0.25) is 0 Å². The third kappa shape index (κ3) is 4.09. The zero-order valence-electron chi connectivity index (χ0n) is 13.3. The number of hydrogen-bond donors (Lipinski definition) is 2. The van der Waals surface area contributed by atoms with Crippen molar-refractivity contribution in [2.24, 2.45) is 5.92 Å². The molecule has 142 valence electrons. The molecule has 3 saturated heterocycles. The summed E-state index contributed by atoms with van der Waals surface area (Å²) >= 11 is 4.87. The van der Waals surface area contributed by atoms with Crippen molar-refractivity contribution in [3.63, 3.8) is 0 Å². The van der Waals surface area contributed by atoms with Crippen molar-refractivity contribution in [2.45, 2.75) is 31.5 Å². The molecule has 26 heavy (non-hydrogen) atoms. The number of hydrogen-bond acceptors (Lipinski definition) is 5. The lowest BCUT2D eigenvalue weighted by Crippen LogP contribution is -2.44. The highest BCUT2D eigenvalue weighted by Gasteiger charge is 2.38. The molecule has 0 saturated carbocycles. The predicted molar refractivity (Wildman–Crippen MR) is 93.3 cm³/mol. The molecule has 2 bridgehead atoms. The SMILES string of the molecule is O=C(O)C(F)(F)F.O=c1[nH]c([C@H]2CC3CCN2CC3)nc2cc(Br)sc12. The molecule has 0 unspecified atom stereocenters. The normalized spacial score (nSPS) is 25.0. The molecule has 1 atom stereocenters. The number of aliphatic carboxylic acids is 1. The first kappa shape index (κ1) is 19.3. The molecular weight excluding hydrogens is 439 g/mol. The summed E-state index contributed by atoms with van der Waals surface area (Å²) in [5.41, 5.74) is 0.816. The Morgan fingerprint density at radius 2 is 2.00 bits per heavy atom. The van der Waals surface area contributed by atoms with Gasteiger partial charge in [0.1, 0.15) is 10.5 Å². The molecule has 0 radical (unpaired) electrons. The first-order valence-corrected chi connectivity index (χ1v) is 9.49. The van der Waals surface area contributed by atoms with Crippen molar-refractivity contribution < 1.29 is 23.1 Å². The van der Waals surface area contributed by atoms with Gasteiger partial charge in [0.15, 0.2) is 0 Å². The fraction of sp³-hybridized carbons (Fsp3) is 0.533. The van der Waals surface area contributed by atoms with Crippen molar-refractivity contribution in [1.82, 2.24) is 14.9 Å². The molecule has 5 heterocycles. The summed E-state index contributed by atoms with van der Waals surface area (Å²) in [6.45, 7) is 2.29. The van der Waals surface area contributed by atoms with Crippen LogP contribution in [0.4, 0.5) is 13.2 Å². The summed E-state index contributed by atoms with van der Waals surface area (Å²) in [4.78, 5) is 31.2. The Balaban J connectivity index is 0.000000242. The van der Waals surface area contributed by atoms with Gasteiger partial charge in [0, 0.05) is 0 Å². The van der Waals surface area contributed by atoms with E-state index in [0.29, 0.717) is 10.7 Å². The van der Waals surface area contributed by atoms with Crippen molar-refractivity contribution in [3.05, 3.63) is 26.0 Å². The van der Waals surface area contributed by atoms with Crippen LogP contribution in [0, 0.1) is 5.92 Å². The van der Waals surface area contributed by atoms with E-state index in [9.17, 15) is 18.0 Å². The Labute approximate surface area is 158 Å². The number of carboxylic acids is 1. The summed E-state index contributed by atoms with van der Waals surface area (Å²) in [6.07, 6.45) is -1.35. The standard InChI is InChI=1S/C13H14BrN3OS.C2HF3O2/c14-10-6-8-11(19-10)13(18)16-12(15-8)9-5-7-1-3-17(9)4-2-7;3-2(4,5)1(6)7/h6-7,9H,1-5H2,(H,15,16,18);(H,6,7)/t9-;/m1./s1. The quantitative estimate of drug-likeness (QED) is 0.689. The molecule has 2 N–H and O–H groups in total. The zero-order chi connectivity index (χ0) is 19.1. The molecule has 2 aromatic heterocycles. The van der Waals surface area contributed by atoms with Gasteiger partial charge in [-0.05, 0) is 60.3 Å². The van der Waals surface area contributed by atoms with Crippen LogP contribution in [0.25, 0.3) is 10.2 Å².